The summed E-state index contributed by atoms with van der Waals surface area (Å²) in [5.41, 5.74) is 0. The zero-order valence-corrected chi connectivity index (χ0v) is 20.3. The maximum atomic E-state index is 9.82. The van der Waals surface area contributed by atoms with Crippen LogP contribution in [-0.2, 0) is 14.2 Å². The Bertz CT molecular complexity index is 410. The van der Waals surface area contributed by atoms with Crippen LogP contribution in [0.2, 0.25) is 0 Å². The molecule has 1 rings (SSSR count). The zero-order valence-electron chi connectivity index (χ0n) is 20.3. The van der Waals surface area contributed by atoms with Crippen molar-refractivity contribution in [2.75, 3.05) is 20.0 Å². The molecule has 1 saturated heterocycles. The Hall–Kier alpha value is -0.280. The van der Waals surface area contributed by atoms with Crippen LogP contribution in [0.1, 0.15) is 110 Å². The predicted octanol–water partition coefficient (Wildman–Crippen LogP) is 4.04. The van der Waals surface area contributed by atoms with Crippen molar-refractivity contribution >= 4 is 0 Å². The monoisotopic (exact) mass is 462 g/mol. The molecule has 0 aromatic heterocycles. The van der Waals surface area contributed by atoms with Crippen LogP contribution in [0.5, 0.6) is 0 Å². The standard InChI is InChI=1S/C25H50O7/c1-2-3-4-5-6-7-8-9-10-11-12-13-14-15-16-17-18-30-20-31-19-21-22(26)23(27)24(28)25(29)32-21/h21-29H,2-20H2,1H3/t21-,22-,23+,24-,25?/m1/s1. The van der Waals surface area contributed by atoms with E-state index in [4.69, 9.17) is 14.2 Å². The van der Waals surface area contributed by atoms with Gasteiger partial charge in [0.25, 0.3) is 0 Å². The molecule has 1 unspecified atom stereocenters. The van der Waals surface area contributed by atoms with E-state index in [1.54, 1.807) is 0 Å². The highest BCUT2D eigenvalue weighted by atomic mass is 16.7. The predicted molar refractivity (Wildman–Crippen MR) is 125 cm³/mol. The van der Waals surface area contributed by atoms with Gasteiger partial charge in [0, 0.05) is 6.61 Å². The molecular weight excluding hydrogens is 412 g/mol. The Morgan fingerprint density at radius 2 is 1.03 bits per heavy atom. The second kappa shape index (κ2) is 20.1. The normalized spacial score (nSPS) is 26.0. The van der Waals surface area contributed by atoms with Crippen LogP contribution >= 0.6 is 0 Å². The molecule has 4 N–H and O–H groups in total. The highest BCUT2D eigenvalue weighted by Crippen LogP contribution is 2.20. The molecule has 1 heterocycles. The fourth-order valence-corrected chi connectivity index (χ4v) is 4.10. The third-order valence-corrected chi connectivity index (χ3v) is 6.28. The van der Waals surface area contributed by atoms with Crippen LogP contribution < -0.4 is 0 Å². The molecule has 0 spiro atoms. The lowest BCUT2D eigenvalue weighted by Gasteiger charge is -2.38. The van der Waals surface area contributed by atoms with Gasteiger partial charge in [-0.05, 0) is 6.42 Å². The third kappa shape index (κ3) is 14.1. The molecule has 0 aromatic carbocycles. The van der Waals surface area contributed by atoms with Gasteiger partial charge in [0.1, 0.15) is 31.2 Å². The highest BCUT2D eigenvalue weighted by molar-refractivity contribution is 4.88. The first-order valence-electron chi connectivity index (χ1n) is 13.1. The lowest BCUT2D eigenvalue weighted by atomic mass is 9.99. The Labute approximate surface area is 195 Å². The first-order valence-corrected chi connectivity index (χ1v) is 13.1. The van der Waals surface area contributed by atoms with Gasteiger partial charge in [-0.1, -0.05) is 103 Å². The molecular formula is C25H50O7. The van der Waals surface area contributed by atoms with Crippen LogP contribution in [0.25, 0.3) is 0 Å². The Balaban J connectivity index is 1.77. The number of aliphatic hydroxyl groups excluding tert-OH is 4. The molecule has 0 aliphatic carbocycles. The molecule has 0 amide bonds. The Morgan fingerprint density at radius 1 is 0.562 bits per heavy atom. The summed E-state index contributed by atoms with van der Waals surface area (Å²) in [5.74, 6) is 0. The van der Waals surface area contributed by atoms with E-state index in [2.05, 4.69) is 6.92 Å². The summed E-state index contributed by atoms with van der Waals surface area (Å²) in [6.07, 6.45) is 14.6. The summed E-state index contributed by atoms with van der Waals surface area (Å²) in [6, 6.07) is 0. The largest absolute Gasteiger partial charge is 0.387 e. The van der Waals surface area contributed by atoms with Gasteiger partial charge in [-0.25, -0.2) is 0 Å². The topological polar surface area (TPSA) is 109 Å². The van der Waals surface area contributed by atoms with Crippen LogP contribution in [0.4, 0.5) is 0 Å². The summed E-state index contributed by atoms with van der Waals surface area (Å²) in [4.78, 5) is 0. The van der Waals surface area contributed by atoms with E-state index >= 15 is 0 Å². The summed E-state index contributed by atoms with van der Waals surface area (Å²) >= 11 is 0. The molecule has 7 nitrogen and oxygen atoms in total. The molecule has 32 heavy (non-hydrogen) atoms. The molecule has 192 valence electrons. The van der Waals surface area contributed by atoms with Crippen molar-refractivity contribution in [3.63, 3.8) is 0 Å². The van der Waals surface area contributed by atoms with Gasteiger partial charge in [0.2, 0.25) is 0 Å². The fourth-order valence-electron chi connectivity index (χ4n) is 4.10. The van der Waals surface area contributed by atoms with E-state index in [1.807, 2.05) is 0 Å². The first kappa shape index (κ1) is 29.8. The van der Waals surface area contributed by atoms with E-state index in [0.29, 0.717) is 6.61 Å². The zero-order chi connectivity index (χ0) is 23.4. The first-order chi connectivity index (χ1) is 15.6. The van der Waals surface area contributed by atoms with E-state index < -0.39 is 30.7 Å². The van der Waals surface area contributed by atoms with Crippen molar-refractivity contribution in [2.45, 2.75) is 140 Å². The third-order valence-electron chi connectivity index (χ3n) is 6.28. The van der Waals surface area contributed by atoms with Gasteiger partial charge in [-0.2, -0.15) is 0 Å². The van der Waals surface area contributed by atoms with Gasteiger partial charge >= 0.3 is 0 Å². The Kier molecular flexibility index (Phi) is 18.7. The molecule has 1 aliphatic heterocycles. The van der Waals surface area contributed by atoms with Crippen LogP contribution in [0.3, 0.4) is 0 Å². The van der Waals surface area contributed by atoms with Gasteiger partial charge in [0.05, 0.1) is 6.61 Å². The average molecular weight is 463 g/mol. The minimum absolute atomic E-state index is 0.0268. The fraction of sp³-hybridized carbons (Fsp3) is 1.00. The number of hydrogen-bond acceptors (Lipinski definition) is 7. The van der Waals surface area contributed by atoms with Crippen molar-refractivity contribution in [3.05, 3.63) is 0 Å². The number of hydrogen-bond donors (Lipinski definition) is 4. The van der Waals surface area contributed by atoms with Crippen molar-refractivity contribution in [3.8, 4) is 0 Å². The second-order valence-corrected chi connectivity index (χ2v) is 9.24. The van der Waals surface area contributed by atoms with Gasteiger partial charge < -0.3 is 34.6 Å². The van der Waals surface area contributed by atoms with Gasteiger partial charge in [-0.15, -0.1) is 0 Å². The molecule has 1 aliphatic rings. The van der Waals surface area contributed by atoms with Crippen molar-refractivity contribution < 1.29 is 34.6 Å². The molecule has 5 atom stereocenters. The highest BCUT2D eigenvalue weighted by Gasteiger charge is 2.42. The molecule has 0 radical (unpaired) electrons. The minimum atomic E-state index is -1.53. The molecule has 0 bridgehead atoms. The molecule has 0 aromatic rings. The Morgan fingerprint density at radius 3 is 1.53 bits per heavy atom. The van der Waals surface area contributed by atoms with E-state index in [0.717, 1.165) is 12.8 Å². The molecule has 1 fully saturated rings. The summed E-state index contributed by atoms with van der Waals surface area (Å²) in [7, 11) is 0. The average Bonchev–Trinajstić information content (AvgIpc) is 2.79. The van der Waals surface area contributed by atoms with Crippen molar-refractivity contribution in [1.29, 1.82) is 0 Å². The van der Waals surface area contributed by atoms with E-state index in [1.165, 1.54) is 89.9 Å². The lowest BCUT2D eigenvalue weighted by molar-refractivity contribution is -0.291. The summed E-state index contributed by atoms with van der Waals surface area (Å²) in [6.45, 7) is 2.93. The van der Waals surface area contributed by atoms with Crippen LogP contribution in [-0.4, -0.2) is 71.1 Å². The number of unbranched alkanes of at least 4 members (excludes halogenated alkanes) is 15. The van der Waals surface area contributed by atoms with E-state index in [-0.39, 0.29) is 13.4 Å². The number of ether oxygens (including phenoxy) is 3. The second-order valence-electron chi connectivity index (χ2n) is 9.24. The summed E-state index contributed by atoms with van der Waals surface area (Å²) < 4.78 is 15.8. The number of rotatable bonds is 21. The smallest absolute Gasteiger partial charge is 0.184 e. The minimum Gasteiger partial charge on any atom is -0.387 e. The SMILES string of the molecule is CCCCCCCCCCCCCCCCCCOCOC[C@H]1OC(O)[C@H](O)[C@@H](O)[C@@H]1O. The molecule has 0 saturated carbocycles. The van der Waals surface area contributed by atoms with Gasteiger partial charge in [-0.3, -0.25) is 0 Å². The molecule has 7 heteroatoms. The maximum Gasteiger partial charge on any atom is 0.184 e. The van der Waals surface area contributed by atoms with Crippen LogP contribution in [0, 0.1) is 0 Å². The van der Waals surface area contributed by atoms with E-state index in [9.17, 15) is 20.4 Å². The van der Waals surface area contributed by atoms with Crippen molar-refractivity contribution in [2.24, 2.45) is 0 Å². The van der Waals surface area contributed by atoms with Gasteiger partial charge in [0.15, 0.2) is 6.29 Å². The lowest BCUT2D eigenvalue weighted by Crippen LogP contribution is -2.58. The quantitative estimate of drug-likeness (QED) is 0.151. The maximum absolute atomic E-state index is 9.82. The number of aliphatic hydroxyl groups is 4. The van der Waals surface area contributed by atoms with Crippen LogP contribution in [0.15, 0.2) is 0 Å². The summed E-state index contributed by atoms with van der Waals surface area (Å²) in [5, 5.41) is 38.3. The van der Waals surface area contributed by atoms with Crippen molar-refractivity contribution in [1.82, 2.24) is 0 Å².